The molecule has 0 saturated carbocycles. The van der Waals surface area contributed by atoms with Crippen LogP contribution in [-0.4, -0.2) is 53.9 Å². The Bertz CT molecular complexity index is 612. The van der Waals surface area contributed by atoms with Gasteiger partial charge in [0.1, 0.15) is 0 Å². The summed E-state index contributed by atoms with van der Waals surface area (Å²) in [5.74, 6) is -0.218. The van der Waals surface area contributed by atoms with Crippen molar-refractivity contribution in [3.8, 4) is 0 Å². The third kappa shape index (κ3) is 3.60. The summed E-state index contributed by atoms with van der Waals surface area (Å²) in [5, 5.41) is -0.208. The minimum atomic E-state index is -0.218. The zero-order valence-corrected chi connectivity index (χ0v) is 14.2. The molecule has 2 heterocycles. The van der Waals surface area contributed by atoms with E-state index in [-0.39, 0.29) is 11.1 Å². The predicted molar refractivity (Wildman–Crippen MR) is 89.2 cm³/mol. The highest BCUT2D eigenvalue weighted by Crippen LogP contribution is 2.32. The van der Waals surface area contributed by atoms with Gasteiger partial charge in [0.2, 0.25) is 0 Å². The van der Waals surface area contributed by atoms with Gasteiger partial charge in [-0.2, -0.15) is 0 Å². The Balaban J connectivity index is 1.71. The van der Waals surface area contributed by atoms with Crippen LogP contribution in [0.15, 0.2) is 33.6 Å². The second-order valence-electron chi connectivity index (χ2n) is 5.03. The van der Waals surface area contributed by atoms with Crippen LogP contribution < -0.4 is 0 Å². The van der Waals surface area contributed by atoms with Crippen molar-refractivity contribution in [3.05, 3.63) is 39.2 Å². The number of morpholine rings is 1. The fraction of sp³-hybridized carbons (Fsp3) is 0.333. The van der Waals surface area contributed by atoms with E-state index in [0.29, 0.717) is 24.8 Å². The van der Waals surface area contributed by atoms with Gasteiger partial charge in [-0.25, -0.2) is 0 Å². The monoisotopic (exact) mass is 382 g/mol. The van der Waals surface area contributed by atoms with E-state index in [4.69, 9.17) is 4.74 Å². The van der Waals surface area contributed by atoms with Crippen molar-refractivity contribution in [3.63, 3.8) is 0 Å². The molecule has 0 unspecified atom stereocenters. The number of benzene rings is 1. The van der Waals surface area contributed by atoms with Gasteiger partial charge in [0.15, 0.2) is 0 Å². The molecule has 7 heteroatoms. The Morgan fingerprint density at radius 3 is 2.55 bits per heavy atom. The Kier molecular flexibility index (Phi) is 4.97. The lowest BCUT2D eigenvalue weighted by Gasteiger charge is -2.29. The molecule has 1 aromatic rings. The Morgan fingerprint density at radius 1 is 1.18 bits per heavy atom. The van der Waals surface area contributed by atoms with Crippen LogP contribution in [0, 0.1) is 0 Å². The van der Waals surface area contributed by atoms with Crippen molar-refractivity contribution in [1.29, 1.82) is 0 Å². The van der Waals surface area contributed by atoms with Gasteiger partial charge < -0.3 is 4.74 Å². The molecule has 1 aromatic carbocycles. The van der Waals surface area contributed by atoms with Gasteiger partial charge in [0, 0.05) is 17.6 Å². The van der Waals surface area contributed by atoms with E-state index >= 15 is 0 Å². The van der Waals surface area contributed by atoms with E-state index in [0.717, 1.165) is 34.9 Å². The highest BCUT2D eigenvalue weighted by molar-refractivity contribution is 9.10. The number of carbonyl (C=O) groups is 2. The van der Waals surface area contributed by atoms with Crippen LogP contribution in [0.2, 0.25) is 0 Å². The second kappa shape index (κ2) is 6.95. The van der Waals surface area contributed by atoms with E-state index < -0.39 is 0 Å². The SMILES string of the molecule is O=C1S/C(=C\c2ccc(Br)cc2)C(=O)N1CN1CCOCC1. The molecule has 2 aliphatic heterocycles. The summed E-state index contributed by atoms with van der Waals surface area (Å²) in [5.41, 5.74) is 0.903. The first-order valence-corrected chi connectivity index (χ1v) is 8.55. The van der Waals surface area contributed by atoms with Crippen LogP contribution in [0.3, 0.4) is 0 Å². The zero-order valence-electron chi connectivity index (χ0n) is 11.8. The molecule has 116 valence electrons. The largest absolute Gasteiger partial charge is 0.379 e. The molecule has 0 aliphatic carbocycles. The number of amides is 2. The molecule has 0 bridgehead atoms. The first kappa shape index (κ1) is 15.7. The van der Waals surface area contributed by atoms with Gasteiger partial charge in [-0.1, -0.05) is 28.1 Å². The maximum atomic E-state index is 12.4. The van der Waals surface area contributed by atoms with Gasteiger partial charge in [-0.15, -0.1) is 0 Å². The van der Waals surface area contributed by atoms with Crippen molar-refractivity contribution >= 4 is 44.9 Å². The van der Waals surface area contributed by atoms with Crippen LogP contribution in [0.1, 0.15) is 5.56 Å². The summed E-state index contributed by atoms with van der Waals surface area (Å²) in [4.78, 5) is 28.3. The van der Waals surface area contributed by atoms with Crippen LogP contribution in [0.4, 0.5) is 4.79 Å². The van der Waals surface area contributed by atoms with Crippen molar-refractivity contribution < 1.29 is 14.3 Å². The number of halogens is 1. The fourth-order valence-electron chi connectivity index (χ4n) is 2.27. The van der Waals surface area contributed by atoms with Crippen LogP contribution in [-0.2, 0) is 9.53 Å². The summed E-state index contributed by atoms with van der Waals surface area (Å²) in [6.07, 6.45) is 1.76. The van der Waals surface area contributed by atoms with Gasteiger partial charge in [0.05, 0.1) is 24.8 Å². The second-order valence-corrected chi connectivity index (χ2v) is 6.94. The van der Waals surface area contributed by atoms with E-state index in [1.807, 2.05) is 24.3 Å². The van der Waals surface area contributed by atoms with Crippen molar-refractivity contribution in [2.24, 2.45) is 0 Å². The number of nitrogens with zero attached hydrogens (tertiary/aromatic N) is 2. The number of carbonyl (C=O) groups excluding carboxylic acids is 2. The molecular formula is C15H15BrN2O3S. The molecule has 3 rings (SSSR count). The number of rotatable bonds is 3. The van der Waals surface area contributed by atoms with E-state index in [1.54, 1.807) is 6.08 Å². The first-order valence-electron chi connectivity index (χ1n) is 6.94. The fourth-order valence-corrected chi connectivity index (χ4v) is 3.37. The Morgan fingerprint density at radius 2 is 1.86 bits per heavy atom. The summed E-state index contributed by atoms with van der Waals surface area (Å²) >= 11 is 4.37. The number of hydrogen-bond donors (Lipinski definition) is 0. The molecule has 0 atom stereocenters. The molecule has 0 spiro atoms. The first-order chi connectivity index (χ1) is 10.6. The lowest BCUT2D eigenvalue weighted by molar-refractivity contribution is -0.125. The highest BCUT2D eigenvalue weighted by Gasteiger charge is 2.36. The van der Waals surface area contributed by atoms with Gasteiger partial charge in [-0.3, -0.25) is 19.4 Å². The Labute approximate surface area is 141 Å². The summed E-state index contributed by atoms with van der Waals surface area (Å²) in [6.45, 7) is 3.11. The molecule has 2 saturated heterocycles. The highest BCUT2D eigenvalue weighted by atomic mass is 79.9. The van der Waals surface area contributed by atoms with Crippen LogP contribution in [0.5, 0.6) is 0 Å². The molecule has 0 radical (unpaired) electrons. The number of thioether (sulfide) groups is 1. The molecule has 2 aliphatic rings. The average molecular weight is 383 g/mol. The van der Waals surface area contributed by atoms with Gasteiger partial charge >= 0.3 is 0 Å². The molecule has 5 nitrogen and oxygen atoms in total. The minimum Gasteiger partial charge on any atom is -0.379 e. The van der Waals surface area contributed by atoms with Crippen molar-refractivity contribution in [2.45, 2.75) is 0 Å². The summed E-state index contributed by atoms with van der Waals surface area (Å²) in [6, 6.07) is 7.62. The number of ether oxygens (including phenoxy) is 1. The third-order valence-corrected chi connectivity index (χ3v) is 4.92. The zero-order chi connectivity index (χ0) is 15.5. The lowest BCUT2D eigenvalue weighted by Crippen LogP contribution is -2.45. The normalized spacial score (nSPS) is 21.9. The van der Waals surface area contributed by atoms with Crippen molar-refractivity contribution in [2.75, 3.05) is 33.0 Å². The third-order valence-electron chi connectivity index (χ3n) is 3.49. The minimum absolute atomic E-state index is 0.208. The Hall–Kier alpha value is -1.15. The maximum absolute atomic E-state index is 12.4. The topological polar surface area (TPSA) is 49.9 Å². The molecule has 2 fully saturated rings. The van der Waals surface area contributed by atoms with Crippen molar-refractivity contribution in [1.82, 2.24) is 9.80 Å². The molecule has 0 aromatic heterocycles. The summed E-state index contributed by atoms with van der Waals surface area (Å²) < 4.78 is 6.25. The molecule has 22 heavy (non-hydrogen) atoms. The molecule has 2 amide bonds. The smallest absolute Gasteiger partial charge is 0.294 e. The van der Waals surface area contributed by atoms with E-state index in [9.17, 15) is 9.59 Å². The molecule has 0 N–H and O–H groups in total. The molecular weight excluding hydrogens is 368 g/mol. The summed E-state index contributed by atoms with van der Waals surface area (Å²) in [7, 11) is 0. The maximum Gasteiger partial charge on any atom is 0.294 e. The van der Waals surface area contributed by atoms with Crippen LogP contribution >= 0.6 is 27.7 Å². The van der Waals surface area contributed by atoms with Crippen LogP contribution in [0.25, 0.3) is 6.08 Å². The van der Waals surface area contributed by atoms with E-state index in [1.165, 1.54) is 4.90 Å². The van der Waals surface area contributed by atoms with Gasteiger partial charge in [-0.05, 0) is 35.5 Å². The predicted octanol–water partition coefficient (Wildman–Crippen LogP) is 2.78. The van der Waals surface area contributed by atoms with E-state index in [2.05, 4.69) is 20.8 Å². The quantitative estimate of drug-likeness (QED) is 0.752. The number of hydrogen-bond acceptors (Lipinski definition) is 5. The van der Waals surface area contributed by atoms with Gasteiger partial charge in [0.25, 0.3) is 11.1 Å². The lowest BCUT2D eigenvalue weighted by atomic mass is 10.2. The number of imide groups is 1. The standard InChI is InChI=1S/C15H15BrN2O3S/c16-12-3-1-11(2-4-12)9-13-14(19)18(15(20)22-13)10-17-5-7-21-8-6-17/h1-4,9H,5-8,10H2/b13-9-. The average Bonchev–Trinajstić information content (AvgIpc) is 2.78.